The number of aryl methyl sites for hydroxylation is 2. The number of nitrogens with zero attached hydrogens (tertiary/aromatic N) is 2. The number of anilines is 2. The molecule has 2 heterocycles. The number of rotatable bonds is 8. The van der Waals surface area contributed by atoms with E-state index in [1.165, 1.54) is 4.88 Å². The van der Waals surface area contributed by atoms with E-state index in [1.54, 1.807) is 23.5 Å². The first-order chi connectivity index (χ1) is 15.5. The molecule has 0 spiro atoms. The summed E-state index contributed by atoms with van der Waals surface area (Å²) in [5.74, 6) is 0.581. The van der Waals surface area contributed by atoms with Crippen LogP contribution >= 0.6 is 11.3 Å². The van der Waals surface area contributed by atoms with Crippen molar-refractivity contribution in [1.29, 1.82) is 0 Å². The summed E-state index contributed by atoms with van der Waals surface area (Å²) in [5.41, 5.74) is 3.22. The summed E-state index contributed by atoms with van der Waals surface area (Å²) in [5, 5.41) is 14.5. The fourth-order valence-corrected chi connectivity index (χ4v) is 4.56. The summed E-state index contributed by atoms with van der Waals surface area (Å²) >= 11 is 1.72. The molecule has 162 valence electrons. The second kappa shape index (κ2) is 9.32. The average Bonchev–Trinajstić information content (AvgIpc) is 3.29. The van der Waals surface area contributed by atoms with Gasteiger partial charge in [0.1, 0.15) is 5.82 Å². The van der Waals surface area contributed by atoms with Crippen molar-refractivity contribution in [3.05, 3.63) is 82.9 Å². The Morgan fingerprint density at radius 1 is 1.06 bits per heavy atom. The zero-order chi connectivity index (χ0) is 22.7. The molecule has 0 saturated carbocycles. The van der Waals surface area contributed by atoms with Crippen LogP contribution in [-0.2, 0) is 19.3 Å². The van der Waals surface area contributed by atoms with Crippen LogP contribution in [0.3, 0.4) is 0 Å². The van der Waals surface area contributed by atoms with Gasteiger partial charge >= 0.3 is 5.97 Å². The van der Waals surface area contributed by atoms with E-state index < -0.39 is 5.97 Å². The van der Waals surface area contributed by atoms with E-state index in [0.29, 0.717) is 6.42 Å². The number of aromatic carboxylic acids is 1. The van der Waals surface area contributed by atoms with Gasteiger partial charge in [-0.2, -0.15) is 0 Å². The van der Waals surface area contributed by atoms with Crippen molar-refractivity contribution in [2.45, 2.75) is 33.1 Å². The number of thiophene rings is 1. The summed E-state index contributed by atoms with van der Waals surface area (Å²) < 4.78 is 0. The average molecular weight is 444 g/mol. The SMILES string of the molecule is C=CCc1c(CC)nc(-c2ccc(CC)s2)nc1Nc1ccc2cc(C(=O)O)ccc2c1. The van der Waals surface area contributed by atoms with Gasteiger partial charge in [-0.15, -0.1) is 17.9 Å². The lowest BCUT2D eigenvalue weighted by Crippen LogP contribution is -2.07. The molecule has 0 amide bonds. The standard InChI is InChI=1S/C26H25N3O2S/c1-4-7-21-22(6-3)28-25(23-13-12-20(5-2)32-23)29-24(21)27-19-11-10-16-14-18(26(30)31)9-8-17(16)15-19/h4,8-15H,1,5-7H2,2-3H3,(H,30,31)(H,27,28,29). The van der Waals surface area contributed by atoms with Gasteiger partial charge in [0.2, 0.25) is 0 Å². The Balaban J connectivity index is 1.76. The minimum absolute atomic E-state index is 0.280. The Labute approximate surface area is 191 Å². The second-order valence-corrected chi connectivity index (χ2v) is 8.66. The number of aromatic nitrogens is 2. The highest BCUT2D eigenvalue weighted by molar-refractivity contribution is 7.15. The molecule has 0 radical (unpaired) electrons. The molecule has 0 aliphatic heterocycles. The molecule has 0 saturated heterocycles. The smallest absolute Gasteiger partial charge is 0.335 e. The highest BCUT2D eigenvalue weighted by Gasteiger charge is 2.15. The molecule has 2 aromatic carbocycles. The fourth-order valence-electron chi connectivity index (χ4n) is 3.68. The van der Waals surface area contributed by atoms with E-state index in [2.05, 4.69) is 37.9 Å². The first-order valence-electron chi connectivity index (χ1n) is 10.7. The molecule has 32 heavy (non-hydrogen) atoms. The van der Waals surface area contributed by atoms with Crippen LogP contribution in [0.2, 0.25) is 0 Å². The Morgan fingerprint density at radius 2 is 1.84 bits per heavy atom. The third kappa shape index (κ3) is 4.41. The Hall–Kier alpha value is -3.51. The molecule has 2 N–H and O–H groups in total. The quantitative estimate of drug-likeness (QED) is 0.298. The normalized spacial score (nSPS) is 10.9. The highest BCUT2D eigenvalue weighted by atomic mass is 32.1. The largest absolute Gasteiger partial charge is 0.478 e. The molecule has 6 heteroatoms. The van der Waals surface area contributed by atoms with Crippen LogP contribution in [-0.4, -0.2) is 21.0 Å². The van der Waals surface area contributed by atoms with Crippen molar-refractivity contribution in [3.8, 4) is 10.7 Å². The first kappa shape index (κ1) is 21.7. The van der Waals surface area contributed by atoms with Gasteiger partial charge in [0.05, 0.1) is 10.4 Å². The van der Waals surface area contributed by atoms with E-state index in [-0.39, 0.29) is 5.56 Å². The molecular weight excluding hydrogens is 418 g/mol. The summed E-state index contributed by atoms with van der Waals surface area (Å²) in [4.78, 5) is 23.4. The third-order valence-corrected chi connectivity index (χ3v) is 6.58. The van der Waals surface area contributed by atoms with Crippen molar-refractivity contribution in [3.63, 3.8) is 0 Å². The van der Waals surface area contributed by atoms with Crippen molar-refractivity contribution < 1.29 is 9.90 Å². The summed E-state index contributed by atoms with van der Waals surface area (Å²) in [6.45, 7) is 8.16. The van der Waals surface area contributed by atoms with Gasteiger partial charge in [-0.3, -0.25) is 0 Å². The molecule has 4 rings (SSSR count). The van der Waals surface area contributed by atoms with Gasteiger partial charge in [0.15, 0.2) is 5.82 Å². The summed E-state index contributed by atoms with van der Waals surface area (Å²) in [6.07, 6.45) is 4.34. The maximum Gasteiger partial charge on any atom is 0.335 e. The van der Waals surface area contributed by atoms with Crippen LogP contribution in [0.15, 0.2) is 61.2 Å². The zero-order valence-electron chi connectivity index (χ0n) is 18.2. The lowest BCUT2D eigenvalue weighted by atomic mass is 10.1. The number of nitrogens with one attached hydrogen (secondary N) is 1. The van der Waals surface area contributed by atoms with Crippen LogP contribution < -0.4 is 5.32 Å². The number of benzene rings is 2. The lowest BCUT2D eigenvalue weighted by molar-refractivity contribution is 0.0697. The molecule has 0 aliphatic rings. The zero-order valence-corrected chi connectivity index (χ0v) is 19.0. The van der Waals surface area contributed by atoms with Gasteiger partial charge < -0.3 is 10.4 Å². The number of carboxylic acid groups (broad SMARTS) is 1. The predicted octanol–water partition coefficient (Wildman–Crippen LogP) is 6.65. The van der Waals surface area contributed by atoms with Crippen LogP contribution in [0.5, 0.6) is 0 Å². The molecule has 0 aliphatic carbocycles. The number of carbonyl (C=O) groups is 1. The Bertz CT molecular complexity index is 1310. The van der Waals surface area contributed by atoms with E-state index >= 15 is 0 Å². The predicted molar refractivity (Wildman–Crippen MR) is 132 cm³/mol. The van der Waals surface area contributed by atoms with Crippen molar-refractivity contribution >= 4 is 39.6 Å². The van der Waals surface area contributed by atoms with Crippen LogP contribution in [0.1, 0.15) is 40.3 Å². The van der Waals surface area contributed by atoms with E-state index in [1.807, 2.05) is 30.3 Å². The maximum absolute atomic E-state index is 11.2. The van der Waals surface area contributed by atoms with E-state index in [9.17, 15) is 9.90 Å². The Kier molecular flexibility index (Phi) is 6.32. The summed E-state index contributed by atoms with van der Waals surface area (Å²) in [7, 11) is 0. The Morgan fingerprint density at radius 3 is 2.53 bits per heavy atom. The van der Waals surface area contributed by atoms with Crippen molar-refractivity contribution in [2.75, 3.05) is 5.32 Å². The van der Waals surface area contributed by atoms with Gasteiger partial charge in [0, 0.05) is 21.8 Å². The topological polar surface area (TPSA) is 75.1 Å². The number of carboxylic acids is 1. The van der Waals surface area contributed by atoms with Crippen LogP contribution in [0.4, 0.5) is 11.5 Å². The van der Waals surface area contributed by atoms with Gasteiger partial charge in [0.25, 0.3) is 0 Å². The number of fused-ring (bicyclic) bond motifs is 1. The fraction of sp³-hybridized carbons (Fsp3) is 0.192. The molecule has 0 unspecified atom stereocenters. The molecule has 4 aromatic rings. The molecular formula is C26H25N3O2S. The van der Waals surface area contributed by atoms with E-state index in [4.69, 9.17) is 9.97 Å². The molecule has 5 nitrogen and oxygen atoms in total. The van der Waals surface area contributed by atoms with Gasteiger partial charge in [-0.25, -0.2) is 14.8 Å². The van der Waals surface area contributed by atoms with Crippen molar-refractivity contribution in [1.82, 2.24) is 9.97 Å². The second-order valence-electron chi connectivity index (χ2n) is 7.49. The van der Waals surface area contributed by atoms with Crippen LogP contribution in [0, 0.1) is 0 Å². The van der Waals surface area contributed by atoms with E-state index in [0.717, 1.165) is 57.1 Å². The maximum atomic E-state index is 11.2. The third-order valence-electron chi connectivity index (χ3n) is 5.36. The van der Waals surface area contributed by atoms with Crippen molar-refractivity contribution in [2.24, 2.45) is 0 Å². The highest BCUT2D eigenvalue weighted by Crippen LogP contribution is 2.31. The van der Waals surface area contributed by atoms with Crippen LogP contribution in [0.25, 0.3) is 21.5 Å². The molecule has 0 fully saturated rings. The molecule has 0 bridgehead atoms. The van der Waals surface area contributed by atoms with Gasteiger partial charge in [-0.1, -0.05) is 32.1 Å². The monoisotopic (exact) mass is 443 g/mol. The summed E-state index contributed by atoms with van der Waals surface area (Å²) in [6, 6.07) is 15.2. The number of allylic oxidation sites excluding steroid dienone is 1. The number of hydrogen-bond acceptors (Lipinski definition) is 5. The lowest BCUT2D eigenvalue weighted by Gasteiger charge is -2.15. The van der Waals surface area contributed by atoms with Gasteiger partial charge in [-0.05, 0) is 66.4 Å². The molecule has 0 atom stereocenters. The minimum Gasteiger partial charge on any atom is -0.478 e. The minimum atomic E-state index is -0.927. The number of hydrogen-bond donors (Lipinski definition) is 2. The molecule has 2 aromatic heterocycles. The first-order valence-corrected chi connectivity index (χ1v) is 11.5.